The molecule has 116 valence electrons. The van der Waals surface area contributed by atoms with Gasteiger partial charge in [-0.2, -0.15) is 0 Å². The largest absolute Gasteiger partial charge is 0.402 e. The summed E-state index contributed by atoms with van der Waals surface area (Å²) in [5, 5.41) is 2.74. The minimum Gasteiger partial charge on any atom is -0.402 e. The fraction of sp³-hybridized carbons (Fsp3) is 0. The van der Waals surface area contributed by atoms with E-state index in [0.717, 1.165) is 16.3 Å². The number of rotatable bonds is 2. The quantitative estimate of drug-likeness (QED) is 0.497. The summed E-state index contributed by atoms with van der Waals surface area (Å²) in [6.07, 6.45) is 1.75. The fourth-order valence-corrected chi connectivity index (χ4v) is 2.87. The minimum absolute atomic E-state index is 0.272. The first-order chi connectivity index (χ1) is 11.7. The van der Waals surface area contributed by atoms with Gasteiger partial charge in [0.05, 0.1) is 0 Å². The molecule has 0 spiro atoms. The number of cyclic esters (lactones) is 1. The van der Waals surface area contributed by atoms with Crippen LogP contribution in [-0.2, 0) is 9.53 Å². The van der Waals surface area contributed by atoms with Crippen molar-refractivity contribution in [2.24, 2.45) is 4.99 Å². The molecule has 0 fully saturated rings. The van der Waals surface area contributed by atoms with Gasteiger partial charge >= 0.3 is 5.97 Å². The lowest BCUT2D eigenvalue weighted by molar-refractivity contribution is -0.129. The topological polar surface area (TPSA) is 38.7 Å². The molecule has 0 saturated heterocycles. The molecule has 0 unspecified atom stereocenters. The van der Waals surface area contributed by atoms with Crippen LogP contribution in [0, 0.1) is 0 Å². The third-order valence-corrected chi connectivity index (χ3v) is 4.04. The van der Waals surface area contributed by atoms with Gasteiger partial charge in [-0.05, 0) is 40.6 Å². The zero-order chi connectivity index (χ0) is 16.5. The van der Waals surface area contributed by atoms with Gasteiger partial charge in [0.1, 0.15) is 0 Å². The van der Waals surface area contributed by atoms with Gasteiger partial charge in [-0.15, -0.1) is 0 Å². The predicted octanol–water partition coefficient (Wildman–Crippen LogP) is 4.84. The molecule has 4 rings (SSSR count). The molecule has 3 aromatic rings. The second-order valence-electron chi connectivity index (χ2n) is 5.41. The second kappa shape index (κ2) is 5.95. The number of fused-ring (bicyclic) bond motifs is 1. The van der Waals surface area contributed by atoms with Crippen molar-refractivity contribution in [1.29, 1.82) is 0 Å². The second-order valence-corrected chi connectivity index (χ2v) is 5.85. The Morgan fingerprint density at radius 1 is 0.958 bits per heavy atom. The number of benzene rings is 3. The first kappa shape index (κ1) is 14.7. The van der Waals surface area contributed by atoms with Crippen LogP contribution in [0.5, 0.6) is 0 Å². The molecule has 4 heteroatoms. The van der Waals surface area contributed by atoms with E-state index in [1.165, 1.54) is 0 Å². The molecule has 3 aromatic carbocycles. The molecule has 0 atom stereocenters. The highest BCUT2D eigenvalue weighted by atomic mass is 35.5. The Morgan fingerprint density at radius 2 is 1.75 bits per heavy atom. The molecule has 24 heavy (non-hydrogen) atoms. The number of ether oxygens (including phenoxy) is 1. The molecule has 1 aliphatic rings. The van der Waals surface area contributed by atoms with Gasteiger partial charge in [0.15, 0.2) is 5.70 Å². The molecule has 0 amide bonds. The van der Waals surface area contributed by atoms with Gasteiger partial charge in [0.2, 0.25) is 5.90 Å². The van der Waals surface area contributed by atoms with Crippen molar-refractivity contribution in [3.05, 3.63) is 88.6 Å². The first-order valence-electron chi connectivity index (χ1n) is 7.47. The Labute approximate surface area is 143 Å². The molecular weight excluding hydrogens is 322 g/mol. The summed E-state index contributed by atoms with van der Waals surface area (Å²) in [4.78, 5) is 16.5. The van der Waals surface area contributed by atoms with Crippen LogP contribution in [0.1, 0.15) is 11.1 Å². The normalized spacial score (nSPS) is 15.6. The monoisotopic (exact) mass is 333 g/mol. The number of hydrogen-bond acceptors (Lipinski definition) is 3. The van der Waals surface area contributed by atoms with Gasteiger partial charge in [0.25, 0.3) is 0 Å². The van der Waals surface area contributed by atoms with Crippen LogP contribution in [0.3, 0.4) is 0 Å². The van der Waals surface area contributed by atoms with Gasteiger partial charge in [0, 0.05) is 10.6 Å². The van der Waals surface area contributed by atoms with Crippen molar-refractivity contribution in [1.82, 2.24) is 0 Å². The fourth-order valence-electron chi connectivity index (χ4n) is 2.68. The molecule has 3 nitrogen and oxygen atoms in total. The van der Waals surface area contributed by atoms with E-state index in [2.05, 4.69) is 4.99 Å². The third-order valence-electron chi connectivity index (χ3n) is 3.81. The zero-order valence-electron chi connectivity index (χ0n) is 12.6. The lowest BCUT2D eigenvalue weighted by Gasteiger charge is -2.01. The summed E-state index contributed by atoms with van der Waals surface area (Å²) in [6, 6.07) is 21.0. The maximum absolute atomic E-state index is 12.1. The third kappa shape index (κ3) is 2.70. The number of carbonyl (C=O) groups excluding carboxylic acids is 1. The summed E-state index contributed by atoms with van der Waals surface area (Å²) < 4.78 is 5.28. The molecule has 0 radical (unpaired) electrons. The molecule has 0 bridgehead atoms. The van der Waals surface area contributed by atoms with Crippen molar-refractivity contribution in [2.45, 2.75) is 0 Å². The Bertz CT molecular complexity index is 1020. The highest BCUT2D eigenvalue weighted by molar-refractivity contribution is 6.31. The Balaban J connectivity index is 1.78. The highest BCUT2D eigenvalue weighted by Gasteiger charge is 2.24. The molecule has 0 aromatic heterocycles. The van der Waals surface area contributed by atoms with E-state index in [4.69, 9.17) is 16.3 Å². The van der Waals surface area contributed by atoms with Crippen LogP contribution >= 0.6 is 11.6 Å². The standard InChI is InChI=1S/C20H12ClNO2/c21-16-9-4-8-15(11-16)19-22-18(20(23)24-19)12-14-7-3-6-13-5-1-2-10-17(13)14/h1-12H/b18-12+. The summed E-state index contributed by atoms with van der Waals surface area (Å²) in [7, 11) is 0. The number of esters is 1. The van der Waals surface area contributed by atoms with Crippen molar-refractivity contribution in [2.75, 3.05) is 0 Å². The van der Waals surface area contributed by atoms with Crippen molar-refractivity contribution >= 4 is 40.3 Å². The Kier molecular flexibility index (Phi) is 3.63. The molecule has 0 aliphatic carbocycles. The van der Waals surface area contributed by atoms with Crippen molar-refractivity contribution in [3.8, 4) is 0 Å². The van der Waals surface area contributed by atoms with E-state index < -0.39 is 5.97 Å². The van der Waals surface area contributed by atoms with E-state index in [9.17, 15) is 4.79 Å². The zero-order valence-corrected chi connectivity index (χ0v) is 13.3. The summed E-state index contributed by atoms with van der Waals surface area (Å²) in [5.41, 5.74) is 1.88. The minimum atomic E-state index is -0.460. The number of aliphatic imine (C=N–C) groups is 1. The van der Waals surface area contributed by atoms with Crippen LogP contribution in [0.2, 0.25) is 5.02 Å². The molecule has 0 saturated carbocycles. The van der Waals surface area contributed by atoms with E-state index in [1.807, 2.05) is 42.5 Å². The number of nitrogens with zero attached hydrogens (tertiary/aromatic N) is 1. The average molecular weight is 334 g/mol. The molecule has 0 N–H and O–H groups in total. The van der Waals surface area contributed by atoms with Crippen LogP contribution < -0.4 is 0 Å². The maximum atomic E-state index is 12.1. The highest BCUT2D eigenvalue weighted by Crippen LogP contribution is 2.24. The number of halogens is 1. The smallest absolute Gasteiger partial charge is 0.363 e. The lowest BCUT2D eigenvalue weighted by atomic mass is 10.0. The van der Waals surface area contributed by atoms with Gasteiger partial charge in [-0.25, -0.2) is 9.79 Å². The van der Waals surface area contributed by atoms with E-state index in [-0.39, 0.29) is 11.6 Å². The first-order valence-corrected chi connectivity index (χ1v) is 7.85. The number of hydrogen-bond donors (Lipinski definition) is 0. The van der Waals surface area contributed by atoms with E-state index in [0.29, 0.717) is 10.6 Å². The van der Waals surface area contributed by atoms with Crippen LogP contribution in [0.15, 0.2) is 77.4 Å². The van der Waals surface area contributed by atoms with Crippen LogP contribution in [0.25, 0.3) is 16.8 Å². The van der Waals surface area contributed by atoms with Crippen LogP contribution in [0.4, 0.5) is 0 Å². The van der Waals surface area contributed by atoms with Gasteiger partial charge < -0.3 is 4.74 Å². The molecule has 1 aliphatic heterocycles. The Hall–Kier alpha value is -2.91. The molecule has 1 heterocycles. The van der Waals surface area contributed by atoms with Crippen LogP contribution in [-0.4, -0.2) is 11.9 Å². The SMILES string of the molecule is O=C1OC(c2cccc(Cl)c2)=N/C1=C/c1cccc2ccccc12. The Morgan fingerprint density at radius 3 is 2.62 bits per heavy atom. The molecular formula is C20H12ClNO2. The summed E-state index contributed by atoms with van der Waals surface area (Å²) >= 11 is 5.98. The van der Waals surface area contributed by atoms with E-state index >= 15 is 0 Å². The number of carbonyl (C=O) groups is 1. The van der Waals surface area contributed by atoms with E-state index in [1.54, 1.807) is 30.3 Å². The summed E-state index contributed by atoms with van der Waals surface area (Å²) in [6.45, 7) is 0. The van der Waals surface area contributed by atoms with Crippen molar-refractivity contribution < 1.29 is 9.53 Å². The van der Waals surface area contributed by atoms with Gasteiger partial charge in [-0.1, -0.05) is 60.1 Å². The lowest BCUT2D eigenvalue weighted by Crippen LogP contribution is -2.05. The van der Waals surface area contributed by atoms with Crippen molar-refractivity contribution in [3.63, 3.8) is 0 Å². The average Bonchev–Trinajstić information content (AvgIpc) is 2.96. The predicted molar refractivity (Wildman–Crippen MR) is 96.0 cm³/mol. The maximum Gasteiger partial charge on any atom is 0.363 e. The van der Waals surface area contributed by atoms with Gasteiger partial charge in [-0.3, -0.25) is 0 Å². The summed E-state index contributed by atoms with van der Waals surface area (Å²) in [5.74, 6) is -0.188.